The maximum Gasteiger partial charge on any atom is 0.301 e. The van der Waals surface area contributed by atoms with Crippen LogP contribution in [0.1, 0.15) is 78.9 Å². The molecule has 1 aliphatic rings. The maximum atomic E-state index is 14.9. The second kappa shape index (κ2) is 14.4. The number of terminal acetylenes is 1. The first-order valence-electron chi connectivity index (χ1n) is 17.8. The fraction of sp³-hybridized carbons (Fsp3) is 0.632. The third-order valence-corrected chi connectivity index (χ3v) is 20.5. The Morgan fingerprint density at radius 2 is 1.52 bits per heavy atom. The van der Waals surface area contributed by atoms with Gasteiger partial charge in [0.05, 0.1) is 37.8 Å². The highest BCUT2D eigenvalue weighted by Gasteiger charge is 2.76. The number of rotatable bonds is 12. The van der Waals surface area contributed by atoms with Crippen molar-refractivity contribution < 1.29 is 28.5 Å². The fourth-order valence-corrected chi connectivity index (χ4v) is 24.6. The average molecular weight is 766 g/mol. The summed E-state index contributed by atoms with van der Waals surface area (Å²) in [7, 11) is -5.64. The first-order chi connectivity index (χ1) is 23.7. The van der Waals surface area contributed by atoms with Gasteiger partial charge in [-0.05, 0) is 62.3 Å². The van der Waals surface area contributed by atoms with Gasteiger partial charge in [0.25, 0.3) is 0 Å². The molecule has 0 aliphatic carbocycles. The topological polar surface area (TPSA) is 133 Å². The third-order valence-electron chi connectivity index (χ3n) is 8.70. The summed E-state index contributed by atoms with van der Waals surface area (Å²) in [6, 6.07) is 9.50. The Balaban J connectivity index is 2.26. The van der Waals surface area contributed by atoms with E-state index in [9.17, 15) is 4.79 Å². The molecule has 0 saturated carbocycles. The molecule has 2 N–H and O–H groups in total. The summed E-state index contributed by atoms with van der Waals surface area (Å²) in [5.74, 6) is 2.71. The Bertz CT molecular complexity index is 1760. The number of nitrogens with two attached hydrogens (primary N) is 1. The average Bonchev–Trinajstić information content (AvgIpc) is 3.48. The van der Waals surface area contributed by atoms with Gasteiger partial charge in [-0.2, -0.15) is 4.98 Å². The largest absolute Gasteiger partial charge is 0.451 e. The molecule has 0 spiro atoms. The minimum absolute atomic E-state index is 0.0671. The first kappa shape index (κ1) is 41.8. The third kappa shape index (κ3) is 8.25. The molecule has 3 heterocycles. The highest BCUT2D eigenvalue weighted by atomic mass is 28.4. The van der Waals surface area contributed by atoms with E-state index in [4.69, 9.17) is 40.8 Å². The molecule has 52 heavy (non-hydrogen) atoms. The molecule has 284 valence electrons. The van der Waals surface area contributed by atoms with Crippen molar-refractivity contribution in [3.05, 3.63) is 42.2 Å². The Hall–Kier alpha value is -2.91. The standard InChI is InChI=1S/C38H59N5O6Si3/c1-17-23-45-33-42-26-29(39)40-24-41-30(26)43(33)31-27(46-34(2,3)4)28(47-35(5,6)7)37(48-31,50-32(44)25-21-19-18-20-22-25)38(51(11,12)13,52(14,15)16)49-36(8,9)10/h1,18-22,24,27-28,31H,23H2,2-16H3,(H2,39,40,41)/t27-,28+,31-,37-/m1/s1. The first-order valence-corrected chi connectivity index (χ1v) is 25.8. The molecule has 1 aromatic carbocycles. The SMILES string of the molecule is C#CCOc1nc2c(N)ncnc2n1[C@@H]1O[C@]([Si]C(=O)c2ccccc2)(C(OC(C)(C)C)([Si](C)(C)C)[Si](C)(C)C)[C@@H](OC(C)(C)C)[C@H]1OC(C)(C)C. The quantitative estimate of drug-likeness (QED) is 0.154. The Labute approximate surface area is 315 Å². The zero-order valence-corrected chi connectivity index (χ0v) is 36.8. The number of aromatic nitrogens is 4. The van der Waals surface area contributed by atoms with Crippen LogP contribution in [0.25, 0.3) is 11.2 Å². The number of imidazole rings is 1. The predicted octanol–water partition coefficient (Wildman–Crippen LogP) is 6.87. The monoisotopic (exact) mass is 765 g/mol. The second-order valence-corrected chi connectivity index (χ2v) is 30.8. The van der Waals surface area contributed by atoms with Crippen molar-refractivity contribution >= 4 is 48.1 Å². The summed E-state index contributed by atoms with van der Waals surface area (Å²) in [4.78, 5) is 27.6. The van der Waals surface area contributed by atoms with Gasteiger partial charge >= 0.3 is 6.01 Å². The molecule has 4 atom stereocenters. The van der Waals surface area contributed by atoms with Gasteiger partial charge in [0.1, 0.15) is 29.2 Å². The molecule has 1 aliphatic heterocycles. The number of fused-ring (bicyclic) bond motifs is 1. The van der Waals surface area contributed by atoms with Crippen molar-refractivity contribution in [2.45, 2.75) is 147 Å². The van der Waals surface area contributed by atoms with E-state index in [1.54, 1.807) is 4.57 Å². The van der Waals surface area contributed by atoms with Gasteiger partial charge < -0.3 is 34.2 Å². The van der Waals surface area contributed by atoms with Crippen LogP contribution in [0.2, 0.25) is 39.3 Å². The van der Waals surface area contributed by atoms with E-state index in [1.165, 1.54) is 6.33 Å². The van der Waals surface area contributed by atoms with Crippen molar-refractivity contribution in [3.8, 4) is 18.4 Å². The van der Waals surface area contributed by atoms with Crippen molar-refractivity contribution in [2.24, 2.45) is 0 Å². The zero-order valence-electron chi connectivity index (χ0n) is 33.8. The molecular weight excluding hydrogens is 707 g/mol. The van der Waals surface area contributed by atoms with E-state index in [1.807, 2.05) is 71.9 Å². The van der Waals surface area contributed by atoms with E-state index in [-0.39, 0.29) is 23.8 Å². The van der Waals surface area contributed by atoms with E-state index in [0.29, 0.717) is 16.7 Å². The van der Waals surface area contributed by atoms with E-state index in [0.717, 1.165) is 0 Å². The number of anilines is 1. The lowest BCUT2D eigenvalue weighted by Gasteiger charge is -2.63. The molecule has 11 nitrogen and oxygen atoms in total. The van der Waals surface area contributed by atoms with E-state index >= 15 is 0 Å². The minimum Gasteiger partial charge on any atom is -0.451 e. The van der Waals surface area contributed by atoms with E-state index < -0.39 is 71.0 Å². The van der Waals surface area contributed by atoms with Crippen LogP contribution in [0, 0.1) is 12.3 Å². The van der Waals surface area contributed by atoms with Crippen molar-refractivity contribution in [2.75, 3.05) is 12.3 Å². The van der Waals surface area contributed by atoms with Crippen LogP contribution in [0.5, 0.6) is 6.01 Å². The molecule has 4 rings (SSSR count). The van der Waals surface area contributed by atoms with Gasteiger partial charge in [-0.1, -0.05) is 75.5 Å². The molecule has 0 unspecified atom stereocenters. The summed E-state index contributed by atoms with van der Waals surface area (Å²) < 4.78 is 37.8. The summed E-state index contributed by atoms with van der Waals surface area (Å²) in [6.07, 6.45) is 4.42. The molecule has 2 aromatic heterocycles. The Morgan fingerprint density at radius 1 is 0.942 bits per heavy atom. The van der Waals surface area contributed by atoms with Crippen LogP contribution >= 0.6 is 0 Å². The number of carbonyl (C=O) groups is 1. The van der Waals surface area contributed by atoms with Crippen molar-refractivity contribution in [3.63, 3.8) is 0 Å². The van der Waals surface area contributed by atoms with Gasteiger partial charge in [-0.15, -0.1) is 6.42 Å². The lowest BCUT2D eigenvalue weighted by atomic mass is 10.0. The molecule has 2 radical (unpaired) electrons. The van der Waals surface area contributed by atoms with Gasteiger partial charge in [-0.25, -0.2) is 14.5 Å². The number of hydrogen-bond acceptors (Lipinski definition) is 10. The lowest BCUT2D eigenvalue weighted by Crippen LogP contribution is -2.85. The minimum atomic E-state index is -2.60. The van der Waals surface area contributed by atoms with Crippen LogP contribution in [0.4, 0.5) is 5.82 Å². The molecule has 1 fully saturated rings. The van der Waals surface area contributed by atoms with Gasteiger partial charge in [0, 0.05) is 5.56 Å². The van der Waals surface area contributed by atoms with Crippen LogP contribution < -0.4 is 10.5 Å². The highest BCUT2D eigenvalue weighted by Crippen LogP contribution is 2.57. The highest BCUT2D eigenvalue weighted by molar-refractivity contribution is 7.01. The van der Waals surface area contributed by atoms with Crippen LogP contribution in [0.3, 0.4) is 0 Å². The summed E-state index contributed by atoms with van der Waals surface area (Å²) in [5, 5.41) is -1.45. The maximum absolute atomic E-state index is 14.9. The van der Waals surface area contributed by atoms with Crippen molar-refractivity contribution in [1.29, 1.82) is 0 Å². The second-order valence-electron chi connectivity index (χ2n) is 18.5. The Kier molecular flexibility index (Phi) is 11.6. The number of carbonyl (C=O) groups excluding carboxylic acids is 1. The summed E-state index contributed by atoms with van der Waals surface area (Å²) in [6.45, 7) is 32.0. The van der Waals surface area contributed by atoms with E-state index in [2.05, 4.69) is 75.9 Å². The molecule has 3 aromatic rings. The number of hydrogen-bond donors (Lipinski definition) is 1. The van der Waals surface area contributed by atoms with Gasteiger partial charge in [0.2, 0.25) is 0 Å². The molecule has 1 saturated heterocycles. The normalized spacial score (nSPS) is 22.1. The summed E-state index contributed by atoms with van der Waals surface area (Å²) in [5.41, 5.74) is 5.64. The zero-order chi connectivity index (χ0) is 39.3. The summed E-state index contributed by atoms with van der Waals surface area (Å²) >= 11 is 0. The van der Waals surface area contributed by atoms with Gasteiger partial charge in [-0.3, -0.25) is 0 Å². The number of nitrogen functional groups attached to an aromatic ring is 1. The fourth-order valence-electron chi connectivity index (χ4n) is 7.69. The predicted molar refractivity (Wildman–Crippen MR) is 213 cm³/mol. The molecule has 14 heteroatoms. The number of benzene rings is 1. The smallest absolute Gasteiger partial charge is 0.301 e. The molecule has 0 bridgehead atoms. The molecular formula is C38H59N5O6Si3. The number of ether oxygens (including phenoxy) is 5. The molecule has 0 amide bonds. The Morgan fingerprint density at radius 3 is 2.02 bits per heavy atom. The van der Waals surface area contributed by atoms with Crippen LogP contribution in [-0.2, 0) is 18.9 Å². The van der Waals surface area contributed by atoms with Crippen LogP contribution in [0.15, 0.2) is 36.7 Å². The van der Waals surface area contributed by atoms with Crippen LogP contribution in [-0.4, -0.2) is 96.3 Å². The number of nitrogens with zero attached hydrogens (tertiary/aromatic N) is 4. The lowest BCUT2D eigenvalue weighted by molar-refractivity contribution is -0.196. The van der Waals surface area contributed by atoms with Gasteiger partial charge in [0.15, 0.2) is 39.3 Å². The van der Waals surface area contributed by atoms with Crippen molar-refractivity contribution in [1.82, 2.24) is 19.5 Å².